The van der Waals surface area contributed by atoms with Crippen molar-refractivity contribution in [2.75, 3.05) is 6.54 Å². The van der Waals surface area contributed by atoms with Crippen LogP contribution in [0.2, 0.25) is 0 Å². The van der Waals surface area contributed by atoms with Gasteiger partial charge in [-0.3, -0.25) is 4.79 Å². The topological polar surface area (TPSA) is 55.1 Å². The Bertz CT molecular complexity index is 536. The maximum Gasteiger partial charge on any atom is 0.252 e. The molecule has 1 aromatic carbocycles. The van der Waals surface area contributed by atoms with Crippen LogP contribution in [0.4, 0.5) is 0 Å². The fourth-order valence-electron chi connectivity index (χ4n) is 2.23. The molecule has 0 radical (unpaired) electrons. The predicted octanol–water partition coefficient (Wildman–Crippen LogP) is 2.61. The van der Waals surface area contributed by atoms with E-state index < -0.39 is 0 Å². The maximum absolute atomic E-state index is 12.4. The number of carbonyl (C=O) groups excluding carboxylic acids is 1. The van der Waals surface area contributed by atoms with Gasteiger partial charge in [-0.1, -0.05) is 31.3 Å². The van der Waals surface area contributed by atoms with Crippen LogP contribution in [0, 0.1) is 18.8 Å². The Labute approximate surface area is 121 Å². The van der Waals surface area contributed by atoms with Crippen LogP contribution in [-0.2, 0) is 0 Å². The molecule has 0 atom stereocenters. The molecule has 0 aliphatic rings. The first kappa shape index (κ1) is 16.3. The van der Waals surface area contributed by atoms with Gasteiger partial charge in [0.1, 0.15) is 0 Å². The van der Waals surface area contributed by atoms with E-state index in [2.05, 4.69) is 24.1 Å². The smallest absolute Gasteiger partial charge is 0.252 e. The van der Waals surface area contributed by atoms with Gasteiger partial charge in [-0.15, -0.1) is 0 Å². The first-order chi connectivity index (χ1) is 9.41. The normalized spacial score (nSPS) is 10.7. The van der Waals surface area contributed by atoms with Gasteiger partial charge in [-0.2, -0.15) is 0 Å². The highest BCUT2D eigenvalue weighted by Gasteiger charge is 2.21. The van der Waals surface area contributed by atoms with E-state index >= 15 is 0 Å². The average molecular weight is 272 g/mol. The molecule has 1 rings (SSSR count). The number of carbonyl (C=O) groups is 1. The highest BCUT2D eigenvalue weighted by Crippen LogP contribution is 2.16. The summed E-state index contributed by atoms with van der Waals surface area (Å²) in [7, 11) is 0. The summed E-state index contributed by atoms with van der Waals surface area (Å²) in [4.78, 5) is 12.4. The molecular weight excluding hydrogens is 248 g/mol. The molecule has 3 heteroatoms. The lowest BCUT2D eigenvalue weighted by molar-refractivity contribution is 0.0908. The van der Waals surface area contributed by atoms with Gasteiger partial charge in [0.25, 0.3) is 5.91 Å². The third-order valence-electron chi connectivity index (χ3n) is 3.23. The highest BCUT2D eigenvalue weighted by molar-refractivity contribution is 5.96. The van der Waals surface area contributed by atoms with Crippen molar-refractivity contribution >= 4 is 5.91 Å². The van der Waals surface area contributed by atoms with E-state index in [1.165, 1.54) is 0 Å². The summed E-state index contributed by atoms with van der Waals surface area (Å²) in [5, 5.41) is 3.09. The molecule has 0 aromatic heterocycles. The van der Waals surface area contributed by atoms with Crippen LogP contribution < -0.4 is 11.1 Å². The van der Waals surface area contributed by atoms with Gasteiger partial charge < -0.3 is 11.1 Å². The van der Waals surface area contributed by atoms with Crippen LogP contribution in [0.25, 0.3) is 0 Å². The first-order valence-electron chi connectivity index (χ1n) is 7.02. The van der Waals surface area contributed by atoms with E-state index in [-0.39, 0.29) is 11.4 Å². The van der Waals surface area contributed by atoms with Gasteiger partial charge in [0.15, 0.2) is 0 Å². The standard InChI is InChI=1S/C17H24N2O/c1-5-11-17(3,4)19-16(20)15-10-6-8-14(13(15)2)9-7-12-18/h6,8,10H,5,11-12,18H2,1-4H3,(H,19,20). The second-order valence-electron chi connectivity index (χ2n) is 5.57. The zero-order valence-corrected chi connectivity index (χ0v) is 12.8. The van der Waals surface area contributed by atoms with Crippen molar-refractivity contribution in [2.45, 2.75) is 46.1 Å². The van der Waals surface area contributed by atoms with Gasteiger partial charge in [0.05, 0.1) is 6.54 Å². The van der Waals surface area contributed by atoms with E-state index in [4.69, 9.17) is 5.73 Å². The lowest BCUT2D eigenvalue weighted by atomic mass is 9.96. The van der Waals surface area contributed by atoms with Crippen LogP contribution in [0.1, 0.15) is 55.1 Å². The maximum atomic E-state index is 12.4. The van der Waals surface area contributed by atoms with Crippen LogP contribution >= 0.6 is 0 Å². The number of amides is 1. The van der Waals surface area contributed by atoms with E-state index in [1.54, 1.807) is 0 Å². The van der Waals surface area contributed by atoms with Crippen molar-refractivity contribution in [3.63, 3.8) is 0 Å². The molecular formula is C17H24N2O. The number of hydrogen-bond donors (Lipinski definition) is 2. The van der Waals surface area contributed by atoms with Crippen LogP contribution in [0.15, 0.2) is 18.2 Å². The Morgan fingerprint density at radius 2 is 2.10 bits per heavy atom. The molecule has 0 saturated heterocycles. The second-order valence-corrected chi connectivity index (χ2v) is 5.57. The fourth-order valence-corrected chi connectivity index (χ4v) is 2.23. The van der Waals surface area contributed by atoms with Crippen LogP contribution in [0.5, 0.6) is 0 Å². The minimum atomic E-state index is -0.197. The molecule has 0 aliphatic heterocycles. The van der Waals surface area contributed by atoms with Crippen molar-refractivity contribution in [1.82, 2.24) is 5.32 Å². The molecule has 0 bridgehead atoms. The molecule has 108 valence electrons. The van der Waals surface area contributed by atoms with Crippen molar-refractivity contribution < 1.29 is 4.79 Å². The Morgan fingerprint density at radius 3 is 2.70 bits per heavy atom. The molecule has 0 fully saturated rings. The number of rotatable bonds is 4. The predicted molar refractivity (Wildman–Crippen MR) is 83.6 cm³/mol. The van der Waals surface area contributed by atoms with Gasteiger partial charge >= 0.3 is 0 Å². The average Bonchev–Trinajstić information content (AvgIpc) is 2.36. The quantitative estimate of drug-likeness (QED) is 0.828. The summed E-state index contributed by atoms with van der Waals surface area (Å²) < 4.78 is 0. The van der Waals surface area contributed by atoms with Gasteiger partial charge in [0.2, 0.25) is 0 Å². The summed E-state index contributed by atoms with van der Waals surface area (Å²) in [5.41, 5.74) is 7.63. The van der Waals surface area contributed by atoms with Gasteiger partial charge in [0, 0.05) is 16.7 Å². The lowest BCUT2D eigenvalue weighted by Crippen LogP contribution is -2.43. The zero-order valence-electron chi connectivity index (χ0n) is 12.8. The molecule has 0 unspecified atom stereocenters. The molecule has 0 saturated carbocycles. The van der Waals surface area contributed by atoms with Crippen molar-refractivity contribution in [2.24, 2.45) is 5.73 Å². The minimum absolute atomic E-state index is 0.0441. The van der Waals surface area contributed by atoms with Crippen molar-refractivity contribution in [3.8, 4) is 11.8 Å². The number of benzene rings is 1. The van der Waals surface area contributed by atoms with E-state index in [0.717, 1.165) is 24.0 Å². The van der Waals surface area contributed by atoms with Crippen LogP contribution in [0.3, 0.4) is 0 Å². The molecule has 1 aromatic rings. The monoisotopic (exact) mass is 272 g/mol. The van der Waals surface area contributed by atoms with E-state index in [0.29, 0.717) is 12.1 Å². The third kappa shape index (κ3) is 4.40. The molecule has 0 spiro atoms. The molecule has 0 aliphatic carbocycles. The van der Waals surface area contributed by atoms with E-state index in [1.807, 2.05) is 39.0 Å². The second kappa shape index (κ2) is 7.12. The Balaban J connectivity index is 3.00. The van der Waals surface area contributed by atoms with Crippen LogP contribution in [-0.4, -0.2) is 18.0 Å². The number of nitrogens with one attached hydrogen (secondary N) is 1. The summed E-state index contributed by atoms with van der Waals surface area (Å²) in [5.74, 6) is 5.78. The molecule has 1 amide bonds. The number of nitrogens with two attached hydrogens (primary N) is 1. The Hall–Kier alpha value is -1.79. The van der Waals surface area contributed by atoms with Gasteiger partial charge in [-0.25, -0.2) is 0 Å². The van der Waals surface area contributed by atoms with Crippen molar-refractivity contribution in [1.29, 1.82) is 0 Å². The SMILES string of the molecule is CCCC(C)(C)NC(=O)c1cccc(C#CCN)c1C. The molecule has 3 N–H and O–H groups in total. The minimum Gasteiger partial charge on any atom is -0.347 e. The third-order valence-corrected chi connectivity index (χ3v) is 3.23. The summed E-state index contributed by atoms with van der Waals surface area (Å²) >= 11 is 0. The first-order valence-corrected chi connectivity index (χ1v) is 7.02. The molecule has 3 nitrogen and oxygen atoms in total. The van der Waals surface area contributed by atoms with Crippen molar-refractivity contribution in [3.05, 3.63) is 34.9 Å². The van der Waals surface area contributed by atoms with E-state index in [9.17, 15) is 4.79 Å². The Kier molecular flexibility index (Phi) is 5.79. The Morgan fingerprint density at radius 1 is 1.40 bits per heavy atom. The zero-order chi connectivity index (χ0) is 15.2. The lowest BCUT2D eigenvalue weighted by Gasteiger charge is -2.26. The highest BCUT2D eigenvalue weighted by atomic mass is 16.1. The molecule has 0 heterocycles. The largest absolute Gasteiger partial charge is 0.347 e. The molecule has 20 heavy (non-hydrogen) atoms. The summed E-state index contributed by atoms with van der Waals surface area (Å²) in [6.07, 6.45) is 1.98. The summed E-state index contributed by atoms with van der Waals surface area (Å²) in [6.45, 7) is 8.44. The number of hydrogen-bond acceptors (Lipinski definition) is 2. The summed E-state index contributed by atoms with van der Waals surface area (Å²) in [6, 6.07) is 5.60. The van der Waals surface area contributed by atoms with Gasteiger partial charge in [-0.05, 0) is 44.9 Å². The fraction of sp³-hybridized carbons (Fsp3) is 0.471.